The topological polar surface area (TPSA) is 15.3 Å². The van der Waals surface area contributed by atoms with Gasteiger partial charge in [-0.25, -0.2) is 0 Å². The Kier molecular flexibility index (Phi) is 3.44. The lowest BCUT2D eigenvalue weighted by molar-refractivity contribution is 0.328. The molecule has 0 amide bonds. The van der Waals surface area contributed by atoms with Crippen molar-refractivity contribution in [1.82, 2.24) is 10.2 Å². The molecular weight excluding hydrogens is 208 g/mol. The van der Waals surface area contributed by atoms with Crippen molar-refractivity contribution in [2.45, 2.75) is 31.7 Å². The summed E-state index contributed by atoms with van der Waals surface area (Å²) in [5, 5.41) is 3.71. The second-order valence-corrected chi connectivity index (χ2v) is 5.38. The van der Waals surface area contributed by atoms with Crippen LogP contribution in [0.4, 0.5) is 0 Å². The Morgan fingerprint density at radius 1 is 1.06 bits per heavy atom. The molecule has 0 spiro atoms. The highest BCUT2D eigenvalue weighted by Gasteiger charge is 2.20. The minimum absolute atomic E-state index is 0.676. The quantitative estimate of drug-likeness (QED) is 0.849. The van der Waals surface area contributed by atoms with E-state index in [-0.39, 0.29) is 0 Å². The van der Waals surface area contributed by atoms with Crippen LogP contribution in [0.5, 0.6) is 0 Å². The molecule has 1 saturated heterocycles. The minimum atomic E-state index is 0.676. The molecule has 1 aromatic rings. The van der Waals surface area contributed by atoms with Gasteiger partial charge in [0.1, 0.15) is 0 Å². The molecule has 1 aromatic carbocycles. The third-order valence-corrected chi connectivity index (χ3v) is 4.11. The molecule has 1 aliphatic carbocycles. The summed E-state index contributed by atoms with van der Waals surface area (Å²) in [7, 11) is 0. The number of nitrogens with zero attached hydrogens (tertiary/aromatic N) is 1. The van der Waals surface area contributed by atoms with Gasteiger partial charge in [-0.05, 0) is 49.9 Å². The van der Waals surface area contributed by atoms with Crippen molar-refractivity contribution in [2.24, 2.45) is 0 Å². The number of rotatable bonds is 4. The number of nitrogens with one attached hydrogen (secondary N) is 1. The highest BCUT2D eigenvalue weighted by molar-refractivity contribution is 5.33. The van der Waals surface area contributed by atoms with Gasteiger partial charge in [0, 0.05) is 19.1 Å². The Morgan fingerprint density at radius 2 is 1.71 bits per heavy atom. The number of fused-ring (bicyclic) bond motifs is 1. The smallest absolute Gasteiger partial charge is 0.0149 e. The zero-order valence-electron chi connectivity index (χ0n) is 10.5. The number of likely N-dealkylation sites (tertiary alicyclic amines) is 1. The van der Waals surface area contributed by atoms with E-state index >= 15 is 0 Å². The minimum Gasteiger partial charge on any atom is -0.312 e. The summed E-state index contributed by atoms with van der Waals surface area (Å²) in [5.74, 6) is 0. The molecule has 0 radical (unpaired) electrons. The highest BCUT2D eigenvalue weighted by atomic mass is 15.2. The van der Waals surface area contributed by atoms with Gasteiger partial charge in [0.05, 0.1) is 0 Å². The van der Waals surface area contributed by atoms with Crippen molar-refractivity contribution >= 4 is 0 Å². The second-order valence-electron chi connectivity index (χ2n) is 5.38. The van der Waals surface area contributed by atoms with E-state index in [2.05, 4.69) is 34.5 Å². The van der Waals surface area contributed by atoms with E-state index in [9.17, 15) is 0 Å². The lowest BCUT2D eigenvalue weighted by Gasteiger charge is -2.17. The standard InChI is InChI=1S/C15H22N2/c1-2-6-14-12-15(11-13(14)5-1)16-7-10-17-8-3-4-9-17/h1-2,5-6,15-16H,3-4,7-12H2. The Labute approximate surface area is 104 Å². The van der Waals surface area contributed by atoms with Crippen LogP contribution in [0.2, 0.25) is 0 Å². The van der Waals surface area contributed by atoms with Crippen LogP contribution >= 0.6 is 0 Å². The van der Waals surface area contributed by atoms with Gasteiger partial charge in [-0.1, -0.05) is 24.3 Å². The first kappa shape index (κ1) is 11.2. The summed E-state index contributed by atoms with van der Waals surface area (Å²) in [4.78, 5) is 2.58. The number of hydrogen-bond donors (Lipinski definition) is 1. The van der Waals surface area contributed by atoms with Crippen molar-refractivity contribution in [2.75, 3.05) is 26.2 Å². The van der Waals surface area contributed by atoms with Crippen molar-refractivity contribution in [3.05, 3.63) is 35.4 Å². The molecule has 1 fully saturated rings. The molecule has 3 rings (SSSR count). The molecular formula is C15H22N2. The van der Waals surface area contributed by atoms with Gasteiger partial charge in [0.2, 0.25) is 0 Å². The SMILES string of the molecule is c1ccc2c(c1)CC(NCCN1CCCC1)C2. The molecule has 92 valence electrons. The molecule has 1 heterocycles. The van der Waals surface area contributed by atoms with Gasteiger partial charge in [-0.3, -0.25) is 0 Å². The number of hydrogen-bond acceptors (Lipinski definition) is 2. The predicted molar refractivity (Wildman–Crippen MR) is 71.3 cm³/mol. The Balaban J connectivity index is 1.43. The fourth-order valence-electron chi connectivity index (χ4n) is 3.14. The summed E-state index contributed by atoms with van der Waals surface area (Å²) in [5.41, 5.74) is 3.09. The summed E-state index contributed by atoms with van der Waals surface area (Å²) in [6, 6.07) is 9.54. The highest BCUT2D eigenvalue weighted by Crippen LogP contribution is 2.21. The zero-order valence-corrected chi connectivity index (χ0v) is 10.5. The van der Waals surface area contributed by atoms with Gasteiger partial charge in [0.15, 0.2) is 0 Å². The van der Waals surface area contributed by atoms with E-state index in [1.165, 1.54) is 45.3 Å². The molecule has 0 aromatic heterocycles. The summed E-state index contributed by atoms with van der Waals surface area (Å²) in [6.45, 7) is 5.00. The predicted octanol–water partition coefficient (Wildman–Crippen LogP) is 1.84. The van der Waals surface area contributed by atoms with E-state index < -0.39 is 0 Å². The normalized spacial score (nSPS) is 20.9. The van der Waals surface area contributed by atoms with Crippen molar-refractivity contribution in [3.8, 4) is 0 Å². The molecule has 17 heavy (non-hydrogen) atoms. The second kappa shape index (κ2) is 5.19. The van der Waals surface area contributed by atoms with Crippen molar-refractivity contribution in [1.29, 1.82) is 0 Å². The third kappa shape index (κ3) is 2.70. The van der Waals surface area contributed by atoms with Crippen molar-refractivity contribution < 1.29 is 0 Å². The molecule has 0 unspecified atom stereocenters. The van der Waals surface area contributed by atoms with Crippen LogP contribution in [0, 0.1) is 0 Å². The number of benzene rings is 1. The molecule has 0 atom stereocenters. The molecule has 2 nitrogen and oxygen atoms in total. The van der Waals surface area contributed by atoms with Crippen LogP contribution in [0.15, 0.2) is 24.3 Å². The maximum Gasteiger partial charge on any atom is 0.0149 e. The monoisotopic (exact) mass is 230 g/mol. The fraction of sp³-hybridized carbons (Fsp3) is 0.600. The van der Waals surface area contributed by atoms with Crippen molar-refractivity contribution in [3.63, 3.8) is 0 Å². The van der Waals surface area contributed by atoms with Crippen LogP contribution in [0.1, 0.15) is 24.0 Å². The molecule has 0 saturated carbocycles. The molecule has 2 aliphatic rings. The van der Waals surface area contributed by atoms with E-state index in [1.54, 1.807) is 11.1 Å². The van der Waals surface area contributed by atoms with Gasteiger partial charge >= 0.3 is 0 Å². The van der Waals surface area contributed by atoms with E-state index in [1.807, 2.05) is 0 Å². The lowest BCUT2D eigenvalue weighted by Crippen LogP contribution is -2.36. The average molecular weight is 230 g/mol. The van der Waals surface area contributed by atoms with Crippen LogP contribution < -0.4 is 5.32 Å². The molecule has 1 N–H and O–H groups in total. The Morgan fingerprint density at radius 3 is 2.35 bits per heavy atom. The first-order valence-electron chi connectivity index (χ1n) is 6.94. The van der Waals surface area contributed by atoms with E-state index in [0.717, 1.165) is 6.54 Å². The summed E-state index contributed by atoms with van der Waals surface area (Å²) in [6.07, 6.45) is 5.23. The summed E-state index contributed by atoms with van der Waals surface area (Å²) < 4.78 is 0. The van der Waals surface area contributed by atoms with Gasteiger partial charge in [-0.15, -0.1) is 0 Å². The van der Waals surface area contributed by atoms with E-state index in [0.29, 0.717) is 6.04 Å². The van der Waals surface area contributed by atoms with Crippen LogP contribution in [-0.4, -0.2) is 37.1 Å². The largest absolute Gasteiger partial charge is 0.312 e. The maximum atomic E-state index is 3.71. The Hall–Kier alpha value is -0.860. The molecule has 1 aliphatic heterocycles. The van der Waals surface area contributed by atoms with E-state index in [4.69, 9.17) is 0 Å². The van der Waals surface area contributed by atoms with Gasteiger partial charge in [-0.2, -0.15) is 0 Å². The fourth-order valence-corrected chi connectivity index (χ4v) is 3.14. The maximum absolute atomic E-state index is 3.71. The summed E-state index contributed by atoms with van der Waals surface area (Å²) >= 11 is 0. The van der Waals surface area contributed by atoms with Crippen LogP contribution in [0.25, 0.3) is 0 Å². The van der Waals surface area contributed by atoms with Gasteiger partial charge in [0.25, 0.3) is 0 Å². The first-order valence-corrected chi connectivity index (χ1v) is 6.94. The average Bonchev–Trinajstić information content (AvgIpc) is 2.96. The Bertz CT molecular complexity index is 344. The first-order chi connectivity index (χ1) is 8.42. The van der Waals surface area contributed by atoms with Gasteiger partial charge < -0.3 is 10.2 Å². The lowest BCUT2D eigenvalue weighted by atomic mass is 10.1. The zero-order chi connectivity index (χ0) is 11.5. The third-order valence-electron chi connectivity index (χ3n) is 4.11. The van der Waals surface area contributed by atoms with Crippen LogP contribution in [-0.2, 0) is 12.8 Å². The van der Waals surface area contributed by atoms with Crippen LogP contribution in [0.3, 0.4) is 0 Å². The molecule has 0 bridgehead atoms. The molecule has 2 heteroatoms.